The summed E-state index contributed by atoms with van der Waals surface area (Å²) in [6.07, 6.45) is 1.07. The first-order valence-corrected chi connectivity index (χ1v) is 6.05. The van der Waals surface area contributed by atoms with Gasteiger partial charge in [0.25, 0.3) is 0 Å². The van der Waals surface area contributed by atoms with E-state index in [1.165, 1.54) is 22.5 Å². The predicted molar refractivity (Wildman–Crippen MR) is 65.5 cm³/mol. The number of nitrogen functional groups attached to an aromatic ring is 1. The van der Waals surface area contributed by atoms with Crippen LogP contribution in [0, 0.1) is 0 Å². The molecule has 2 N–H and O–H groups in total. The Morgan fingerprint density at radius 2 is 2.00 bits per heavy atom. The SMILES string of the molecule is Nc1nnc(N2CCc3ccccc3C2)s1. The summed E-state index contributed by atoms with van der Waals surface area (Å²) in [4.78, 5) is 2.23. The van der Waals surface area contributed by atoms with Gasteiger partial charge in [0.1, 0.15) is 0 Å². The third kappa shape index (κ3) is 1.63. The van der Waals surface area contributed by atoms with Crippen molar-refractivity contribution in [2.24, 2.45) is 0 Å². The summed E-state index contributed by atoms with van der Waals surface area (Å²) in [5, 5.41) is 9.39. The Labute approximate surface area is 97.7 Å². The molecule has 1 aliphatic rings. The first-order chi connectivity index (χ1) is 7.83. The van der Waals surface area contributed by atoms with Gasteiger partial charge in [-0.1, -0.05) is 35.6 Å². The van der Waals surface area contributed by atoms with E-state index in [2.05, 4.69) is 39.4 Å². The van der Waals surface area contributed by atoms with Gasteiger partial charge in [-0.2, -0.15) is 0 Å². The summed E-state index contributed by atoms with van der Waals surface area (Å²) in [6, 6.07) is 8.54. The molecule has 5 heteroatoms. The van der Waals surface area contributed by atoms with Crippen molar-refractivity contribution in [3.05, 3.63) is 35.4 Å². The van der Waals surface area contributed by atoms with Crippen molar-refractivity contribution >= 4 is 21.6 Å². The van der Waals surface area contributed by atoms with E-state index in [0.29, 0.717) is 5.13 Å². The van der Waals surface area contributed by atoms with E-state index < -0.39 is 0 Å². The topological polar surface area (TPSA) is 55.0 Å². The van der Waals surface area contributed by atoms with E-state index in [1.807, 2.05) is 0 Å². The number of nitrogens with zero attached hydrogens (tertiary/aromatic N) is 3. The highest BCUT2D eigenvalue weighted by Gasteiger charge is 2.18. The Hall–Kier alpha value is -1.62. The third-order valence-corrected chi connectivity index (χ3v) is 3.64. The van der Waals surface area contributed by atoms with Crippen molar-refractivity contribution in [2.45, 2.75) is 13.0 Å². The predicted octanol–water partition coefficient (Wildman–Crippen LogP) is 1.68. The molecule has 0 aliphatic carbocycles. The zero-order valence-electron chi connectivity index (χ0n) is 8.76. The van der Waals surface area contributed by atoms with Crippen molar-refractivity contribution < 1.29 is 0 Å². The van der Waals surface area contributed by atoms with Gasteiger partial charge in [0.15, 0.2) is 0 Å². The molecule has 0 spiro atoms. The zero-order valence-corrected chi connectivity index (χ0v) is 9.57. The molecule has 1 aliphatic heterocycles. The van der Waals surface area contributed by atoms with E-state index in [4.69, 9.17) is 5.73 Å². The molecular weight excluding hydrogens is 220 g/mol. The van der Waals surface area contributed by atoms with Gasteiger partial charge in [-0.25, -0.2) is 0 Å². The molecule has 4 nitrogen and oxygen atoms in total. The molecule has 0 fully saturated rings. The minimum Gasteiger partial charge on any atom is -0.374 e. The number of anilines is 2. The molecule has 16 heavy (non-hydrogen) atoms. The Bertz CT molecular complexity index is 508. The summed E-state index contributed by atoms with van der Waals surface area (Å²) in [7, 11) is 0. The van der Waals surface area contributed by atoms with Crippen LogP contribution < -0.4 is 10.6 Å². The molecule has 1 aromatic carbocycles. The van der Waals surface area contributed by atoms with Crippen LogP contribution in [0.4, 0.5) is 10.3 Å². The van der Waals surface area contributed by atoms with Crippen LogP contribution in [0.25, 0.3) is 0 Å². The van der Waals surface area contributed by atoms with Gasteiger partial charge in [0, 0.05) is 13.1 Å². The Morgan fingerprint density at radius 3 is 2.75 bits per heavy atom. The molecular formula is C11H12N4S. The molecule has 0 bridgehead atoms. The highest BCUT2D eigenvalue weighted by atomic mass is 32.1. The molecule has 3 rings (SSSR count). The summed E-state index contributed by atoms with van der Waals surface area (Å²) in [5.41, 5.74) is 8.42. The molecule has 0 radical (unpaired) electrons. The van der Waals surface area contributed by atoms with E-state index in [9.17, 15) is 0 Å². The fourth-order valence-corrected chi connectivity index (χ4v) is 2.65. The van der Waals surface area contributed by atoms with Crippen LogP contribution in [-0.2, 0) is 13.0 Å². The second-order valence-electron chi connectivity index (χ2n) is 3.86. The largest absolute Gasteiger partial charge is 0.374 e. The minimum atomic E-state index is 0.536. The van der Waals surface area contributed by atoms with Crippen LogP contribution in [0.5, 0.6) is 0 Å². The number of aromatic nitrogens is 2. The first-order valence-electron chi connectivity index (χ1n) is 5.23. The highest BCUT2D eigenvalue weighted by Crippen LogP contribution is 2.27. The Morgan fingerprint density at radius 1 is 1.19 bits per heavy atom. The van der Waals surface area contributed by atoms with Gasteiger partial charge in [-0.05, 0) is 17.5 Å². The zero-order chi connectivity index (χ0) is 11.0. The Balaban J connectivity index is 1.88. The molecule has 2 aromatic rings. The average Bonchev–Trinajstić information content (AvgIpc) is 2.75. The summed E-state index contributed by atoms with van der Waals surface area (Å²) in [5.74, 6) is 0. The molecule has 0 unspecified atom stereocenters. The second kappa shape index (κ2) is 3.75. The maximum atomic E-state index is 5.60. The monoisotopic (exact) mass is 232 g/mol. The van der Waals surface area contributed by atoms with Gasteiger partial charge in [0.05, 0.1) is 0 Å². The first kappa shape index (κ1) is 9.59. The van der Waals surface area contributed by atoms with Crippen molar-refractivity contribution in [2.75, 3.05) is 17.2 Å². The van der Waals surface area contributed by atoms with Crippen LogP contribution in [0.15, 0.2) is 24.3 Å². The molecule has 2 heterocycles. The minimum absolute atomic E-state index is 0.536. The molecule has 0 saturated carbocycles. The van der Waals surface area contributed by atoms with Crippen molar-refractivity contribution in [3.63, 3.8) is 0 Å². The molecule has 1 aromatic heterocycles. The Kier molecular flexibility index (Phi) is 2.25. The van der Waals surface area contributed by atoms with Gasteiger partial charge in [-0.15, -0.1) is 10.2 Å². The second-order valence-corrected chi connectivity index (χ2v) is 4.85. The van der Waals surface area contributed by atoms with Crippen LogP contribution in [0.1, 0.15) is 11.1 Å². The van der Waals surface area contributed by atoms with E-state index in [0.717, 1.165) is 24.6 Å². The molecule has 82 valence electrons. The van der Waals surface area contributed by atoms with E-state index in [-0.39, 0.29) is 0 Å². The quantitative estimate of drug-likeness (QED) is 0.812. The fraction of sp³-hybridized carbons (Fsp3) is 0.273. The maximum Gasteiger partial charge on any atom is 0.210 e. The van der Waals surface area contributed by atoms with Gasteiger partial charge < -0.3 is 10.6 Å². The summed E-state index contributed by atoms with van der Waals surface area (Å²) < 4.78 is 0. The summed E-state index contributed by atoms with van der Waals surface area (Å²) in [6.45, 7) is 1.90. The van der Waals surface area contributed by atoms with Crippen LogP contribution in [0.3, 0.4) is 0 Å². The number of hydrogen-bond acceptors (Lipinski definition) is 5. The lowest BCUT2D eigenvalue weighted by atomic mass is 10.0. The van der Waals surface area contributed by atoms with Crippen molar-refractivity contribution in [1.29, 1.82) is 0 Å². The highest BCUT2D eigenvalue weighted by molar-refractivity contribution is 7.18. The number of fused-ring (bicyclic) bond motifs is 1. The number of benzene rings is 1. The van der Waals surface area contributed by atoms with E-state index >= 15 is 0 Å². The smallest absolute Gasteiger partial charge is 0.210 e. The van der Waals surface area contributed by atoms with Gasteiger partial charge in [-0.3, -0.25) is 0 Å². The number of hydrogen-bond donors (Lipinski definition) is 1. The van der Waals surface area contributed by atoms with Crippen molar-refractivity contribution in [1.82, 2.24) is 10.2 Å². The normalized spacial score (nSPS) is 14.9. The lowest BCUT2D eigenvalue weighted by molar-refractivity contribution is 0.724. The van der Waals surface area contributed by atoms with Crippen LogP contribution in [0.2, 0.25) is 0 Å². The van der Waals surface area contributed by atoms with Gasteiger partial charge in [0.2, 0.25) is 10.3 Å². The third-order valence-electron chi connectivity index (χ3n) is 2.83. The molecule has 0 atom stereocenters. The number of nitrogens with two attached hydrogens (primary N) is 1. The van der Waals surface area contributed by atoms with Crippen molar-refractivity contribution in [3.8, 4) is 0 Å². The standard InChI is InChI=1S/C11H12N4S/c12-10-13-14-11(16-10)15-6-5-8-3-1-2-4-9(8)7-15/h1-4H,5-7H2,(H2,12,13). The number of rotatable bonds is 1. The lowest BCUT2D eigenvalue weighted by Gasteiger charge is -2.27. The van der Waals surface area contributed by atoms with Crippen LogP contribution >= 0.6 is 11.3 Å². The fourth-order valence-electron chi connectivity index (χ4n) is 2.01. The summed E-state index contributed by atoms with van der Waals surface area (Å²) >= 11 is 1.45. The average molecular weight is 232 g/mol. The molecule has 0 amide bonds. The maximum absolute atomic E-state index is 5.60. The van der Waals surface area contributed by atoms with Gasteiger partial charge >= 0.3 is 0 Å². The lowest BCUT2D eigenvalue weighted by Crippen LogP contribution is -2.30. The van der Waals surface area contributed by atoms with Crippen LogP contribution in [-0.4, -0.2) is 16.7 Å². The molecule has 0 saturated heterocycles. The van der Waals surface area contributed by atoms with E-state index in [1.54, 1.807) is 0 Å².